The minimum Gasteiger partial charge on any atom is -0.393 e. The van der Waals surface area contributed by atoms with Gasteiger partial charge in [-0.15, -0.1) is 0 Å². The monoisotopic (exact) mass is 432 g/mol. The van der Waals surface area contributed by atoms with E-state index in [0.29, 0.717) is 6.92 Å². The molecule has 0 aliphatic carbocycles. The van der Waals surface area contributed by atoms with Gasteiger partial charge in [-0.2, -0.15) is 57.1 Å². The van der Waals surface area contributed by atoms with E-state index in [-0.39, 0.29) is 6.42 Å². The highest BCUT2D eigenvalue weighted by Crippen LogP contribution is 2.60. The molecule has 0 aromatic rings. The molecule has 15 heteroatoms. The van der Waals surface area contributed by atoms with E-state index in [4.69, 9.17) is 0 Å². The van der Waals surface area contributed by atoms with Crippen molar-refractivity contribution in [2.45, 2.75) is 56.2 Å². The van der Waals surface area contributed by atoms with E-state index in [2.05, 4.69) is 4.74 Å². The second-order valence-corrected chi connectivity index (χ2v) is 5.00. The molecule has 160 valence electrons. The van der Waals surface area contributed by atoms with Gasteiger partial charge in [0.25, 0.3) is 0 Å². The van der Waals surface area contributed by atoms with Crippen LogP contribution in [0.4, 0.5) is 57.1 Å². The van der Waals surface area contributed by atoms with Crippen LogP contribution in [0.15, 0.2) is 11.6 Å². The number of allylic oxidation sites excluding steroid dienone is 1. The maximum atomic E-state index is 13.2. The van der Waals surface area contributed by atoms with Crippen molar-refractivity contribution >= 4 is 5.97 Å². The quantitative estimate of drug-likeness (QED) is 0.298. The SMILES string of the molecule is CCC=C(C)C(=O)OC(F)(F)C(F)(F)C(F)(F)C(F)(F)C(F)(F)C(F)(F)F. The Kier molecular flexibility index (Phi) is 6.59. The molecule has 27 heavy (non-hydrogen) atoms. The summed E-state index contributed by atoms with van der Waals surface area (Å²) >= 11 is 0. The van der Waals surface area contributed by atoms with Gasteiger partial charge in [0.2, 0.25) is 0 Å². The number of hydrogen-bond donors (Lipinski definition) is 0. The number of rotatable bonds is 7. The van der Waals surface area contributed by atoms with Crippen LogP contribution in [0, 0.1) is 0 Å². The van der Waals surface area contributed by atoms with Gasteiger partial charge in [-0.05, 0) is 13.3 Å². The van der Waals surface area contributed by atoms with E-state index in [1.807, 2.05) is 0 Å². The fraction of sp³-hybridized carbons (Fsp3) is 0.750. The lowest BCUT2D eigenvalue weighted by Gasteiger charge is -2.38. The largest absolute Gasteiger partial charge is 0.473 e. The van der Waals surface area contributed by atoms with Gasteiger partial charge in [-0.3, -0.25) is 0 Å². The van der Waals surface area contributed by atoms with Crippen molar-refractivity contribution in [3.05, 3.63) is 11.6 Å². The predicted molar refractivity (Wildman–Crippen MR) is 60.9 cm³/mol. The average molecular weight is 432 g/mol. The lowest BCUT2D eigenvalue weighted by molar-refractivity contribution is -0.460. The molecular formula is C12H9F13O2. The van der Waals surface area contributed by atoms with Crippen LogP contribution in [0.1, 0.15) is 20.3 Å². The molecular weight excluding hydrogens is 423 g/mol. The fourth-order valence-electron chi connectivity index (χ4n) is 1.41. The third-order valence-electron chi connectivity index (χ3n) is 2.96. The molecule has 0 atom stereocenters. The Labute approximate surface area is 141 Å². The number of hydrogen-bond acceptors (Lipinski definition) is 2. The first-order valence-corrected chi connectivity index (χ1v) is 6.47. The lowest BCUT2D eigenvalue weighted by atomic mass is 9.97. The zero-order valence-electron chi connectivity index (χ0n) is 13.0. The normalized spacial score (nSPS) is 15.7. The Morgan fingerprint density at radius 1 is 0.741 bits per heavy atom. The second kappa shape index (κ2) is 7.04. The van der Waals surface area contributed by atoms with Crippen molar-refractivity contribution in [2.75, 3.05) is 0 Å². The first-order valence-electron chi connectivity index (χ1n) is 6.47. The fourth-order valence-corrected chi connectivity index (χ4v) is 1.41. The molecule has 2 nitrogen and oxygen atoms in total. The average Bonchev–Trinajstić information content (AvgIpc) is 2.44. The summed E-state index contributed by atoms with van der Waals surface area (Å²) in [5.41, 5.74) is -0.885. The van der Waals surface area contributed by atoms with Crippen LogP contribution in [0.25, 0.3) is 0 Å². The summed E-state index contributed by atoms with van der Waals surface area (Å²) < 4.78 is 168. The van der Waals surface area contributed by atoms with E-state index in [0.717, 1.165) is 6.08 Å². The van der Waals surface area contributed by atoms with Gasteiger partial charge >= 0.3 is 41.9 Å². The van der Waals surface area contributed by atoms with Crippen LogP contribution in [0.3, 0.4) is 0 Å². The Morgan fingerprint density at radius 3 is 1.44 bits per heavy atom. The van der Waals surface area contributed by atoms with Crippen molar-refractivity contribution in [3.63, 3.8) is 0 Å². The Morgan fingerprint density at radius 2 is 1.11 bits per heavy atom. The van der Waals surface area contributed by atoms with Gasteiger partial charge in [0.1, 0.15) is 0 Å². The summed E-state index contributed by atoms with van der Waals surface area (Å²) in [5.74, 6) is -33.9. The lowest BCUT2D eigenvalue weighted by Crippen LogP contribution is -2.70. The summed E-state index contributed by atoms with van der Waals surface area (Å²) in [4.78, 5) is 11.1. The van der Waals surface area contributed by atoms with Crippen molar-refractivity contribution in [2.24, 2.45) is 0 Å². The van der Waals surface area contributed by atoms with Crippen LogP contribution < -0.4 is 0 Å². The first-order chi connectivity index (χ1) is 11.6. The Bertz CT molecular complexity index is 589. The molecule has 0 spiro atoms. The van der Waals surface area contributed by atoms with Gasteiger partial charge in [0.05, 0.1) is 0 Å². The van der Waals surface area contributed by atoms with E-state index in [1.54, 1.807) is 0 Å². The van der Waals surface area contributed by atoms with Gasteiger partial charge in [-0.25, -0.2) is 4.79 Å². The summed E-state index contributed by atoms with van der Waals surface area (Å²) in [5, 5.41) is 0. The number of alkyl halides is 13. The van der Waals surface area contributed by atoms with Crippen molar-refractivity contribution in [3.8, 4) is 0 Å². The smallest absolute Gasteiger partial charge is 0.393 e. The van der Waals surface area contributed by atoms with Crippen LogP contribution in [0.5, 0.6) is 0 Å². The molecule has 0 bridgehead atoms. The van der Waals surface area contributed by atoms with E-state index >= 15 is 0 Å². The minimum absolute atomic E-state index is 0.0884. The van der Waals surface area contributed by atoms with Crippen molar-refractivity contribution in [1.29, 1.82) is 0 Å². The number of ether oxygens (including phenoxy) is 1. The van der Waals surface area contributed by atoms with Crippen molar-refractivity contribution in [1.82, 2.24) is 0 Å². The van der Waals surface area contributed by atoms with Gasteiger partial charge in [0, 0.05) is 5.57 Å². The molecule has 0 aromatic heterocycles. The summed E-state index contributed by atoms with van der Waals surface area (Å²) in [6, 6.07) is 0. The molecule has 0 fully saturated rings. The molecule has 0 radical (unpaired) electrons. The third kappa shape index (κ3) is 3.95. The first kappa shape index (κ1) is 25.3. The Hall–Kier alpha value is -1.70. The summed E-state index contributed by atoms with van der Waals surface area (Å²) in [7, 11) is 0. The highest BCUT2D eigenvalue weighted by molar-refractivity contribution is 5.87. The zero-order valence-corrected chi connectivity index (χ0v) is 13.0. The van der Waals surface area contributed by atoms with Crippen molar-refractivity contribution < 1.29 is 66.6 Å². The van der Waals surface area contributed by atoms with E-state index < -0.39 is 47.5 Å². The molecule has 0 rings (SSSR count). The highest BCUT2D eigenvalue weighted by Gasteiger charge is 2.91. The van der Waals surface area contributed by atoms with Crippen LogP contribution in [-0.4, -0.2) is 41.9 Å². The maximum Gasteiger partial charge on any atom is 0.473 e. The minimum atomic E-state index is -8.04. The van der Waals surface area contributed by atoms with Gasteiger partial charge in [0.15, 0.2) is 0 Å². The molecule has 0 saturated heterocycles. The number of carbonyl (C=O) groups is 1. The second-order valence-electron chi connectivity index (χ2n) is 5.00. The summed E-state index contributed by atoms with van der Waals surface area (Å²) in [6.07, 6.45) is -13.7. The molecule has 0 saturated carbocycles. The van der Waals surface area contributed by atoms with E-state index in [9.17, 15) is 61.9 Å². The molecule has 0 aliphatic heterocycles. The predicted octanol–water partition coefficient (Wildman–Crippen LogP) is 5.58. The number of halogens is 13. The molecule has 0 aromatic carbocycles. The van der Waals surface area contributed by atoms with Crippen LogP contribution in [0.2, 0.25) is 0 Å². The summed E-state index contributed by atoms with van der Waals surface area (Å²) in [6.45, 7) is 1.95. The van der Waals surface area contributed by atoms with Gasteiger partial charge in [-0.1, -0.05) is 13.0 Å². The van der Waals surface area contributed by atoms with Gasteiger partial charge < -0.3 is 4.74 Å². The maximum absolute atomic E-state index is 13.2. The van der Waals surface area contributed by atoms with Crippen LogP contribution in [-0.2, 0) is 9.53 Å². The molecule has 0 amide bonds. The molecule has 0 aliphatic rings. The highest BCUT2D eigenvalue weighted by atomic mass is 19.4. The topological polar surface area (TPSA) is 26.3 Å². The van der Waals surface area contributed by atoms with Crippen LogP contribution >= 0.6 is 0 Å². The third-order valence-corrected chi connectivity index (χ3v) is 2.96. The van der Waals surface area contributed by atoms with E-state index in [1.165, 1.54) is 6.92 Å². The standard InChI is InChI=1S/C12H9F13O2/c1-3-4-5(2)6(26)27-12(24,25)10(19,20)8(15,16)7(13,14)9(17,18)11(21,22)23/h4H,3H2,1-2H3. The molecule has 0 unspecified atom stereocenters. The number of carbonyl (C=O) groups excluding carboxylic acids is 1. The number of esters is 1. The Balaban J connectivity index is 6.16. The molecule has 0 N–H and O–H groups in total. The molecule has 0 heterocycles. The zero-order chi connectivity index (χ0) is 22.3.